The highest BCUT2D eigenvalue weighted by Crippen LogP contribution is 2.35. The highest BCUT2D eigenvalue weighted by Gasteiger charge is 2.16. The van der Waals surface area contributed by atoms with E-state index < -0.39 is 0 Å². The largest absolute Gasteiger partial charge is 0.310 e. The van der Waals surface area contributed by atoms with Crippen LogP contribution >= 0.6 is 23.1 Å². The van der Waals surface area contributed by atoms with Crippen molar-refractivity contribution in [2.45, 2.75) is 29.1 Å². The Morgan fingerprint density at radius 2 is 2.33 bits per heavy atom. The van der Waals surface area contributed by atoms with E-state index >= 15 is 0 Å². The first-order chi connectivity index (χ1) is 8.72. The molecule has 1 aromatic carbocycles. The van der Waals surface area contributed by atoms with Crippen LogP contribution in [0.15, 0.2) is 39.0 Å². The number of halogens is 1. The summed E-state index contributed by atoms with van der Waals surface area (Å²) in [6, 6.07) is 5.19. The van der Waals surface area contributed by atoms with Crippen LogP contribution in [-0.4, -0.2) is 11.5 Å². The molecule has 0 saturated heterocycles. The molecule has 0 fully saturated rings. The first kappa shape index (κ1) is 13.5. The first-order valence-electron chi connectivity index (χ1n) is 5.81. The van der Waals surface area contributed by atoms with Gasteiger partial charge in [0.25, 0.3) is 0 Å². The zero-order valence-electron chi connectivity index (χ0n) is 10.3. The van der Waals surface area contributed by atoms with Crippen molar-refractivity contribution in [1.29, 1.82) is 0 Å². The maximum atomic E-state index is 14.0. The van der Waals surface area contributed by atoms with Gasteiger partial charge in [-0.1, -0.05) is 24.8 Å². The fourth-order valence-electron chi connectivity index (χ4n) is 1.79. The zero-order valence-corrected chi connectivity index (χ0v) is 11.9. The summed E-state index contributed by atoms with van der Waals surface area (Å²) in [5.41, 5.74) is 0.722. The van der Waals surface area contributed by atoms with E-state index in [0.717, 1.165) is 21.3 Å². The summed E-state index contributed by atoms with van der Waals surface area (Å²) in [7, 11) is 0. The van der Waals surface area contributed by atoms with Crippen LogP contribution in [0.5, 0.6) is 0 Å². The molecule has 96 valence electrons. The van der Waals surface area contributed by atoms with Crippen molar-refractivity contribution < 1.29 is 4.39 Å². The lowest BCUT2D eigenvalue weighted by molar-refractivity contribution is 0.531. The molecule has 2 aromatic rings. The van der Waals surface area contributed by atoms with Crippen LogP contribution in [0, 0.1) is 5.82 Å². The summed E-state index contributed by atoms with van der Waals surface area (Å²) in [5, 5.41) is 5.18. The molecule has 1 atom stereocenters. The molecular formula is C13H15FN2S2. The predicted molar refractivity (Wildman–Crippen MR) is 74.7 cm³/mol. The van der Waals surface area contributed by atoms with Gasteiger partial charge in [0.05, 0.1) is 0 Å². The Kier molecular flexibility index (Phi) is 4.74. The summed E-state index contributed by atoms with van der Waals surface area (Å²) < 4.78 is 14.9. The molecule has 2 rings (SSSR count). The molecule has 0 aliphatic heterocycles. The van der Waals surface area contributed by atoms with Gasteiger partial charge in [-0.2, -0.15) is 0 Å². The quantitative estimate of drug-likeness (QED) is 0.893. The molecule has 2 nitrogen and oxygen atoms in total. The summed E-state index contributed by atoms with van der Waals surface area (Å²) in [4.78, 5) is 5.16. The van der Waals surface area contributed by atoms with Crippen LogP contribution in [0.1, 0.15) is 25.5 Å². The van der Waals surface area contributed by atoms with Gasteiger partial charge in [-0.3, -0.25) is 0 Å². The Hall–Kier alpha value is -0.910. The molecule has 5 heteroatoms. The van der Waals surface area contributed by atoms with Crippen LogP contribution in [0.25, 0.3) is 0 Å². The molecule has 0 spiro atoms. The second-order valence-electron chi connectivity index (χ2n) is 3.83. The minimum Gasteiger partial charge on any atom is -0.310 e. The number of hydrogen-bond donors (Lipinski definition) is 1. The fraction of sp³-hybridized carbons (Fsp3) is 0.308. The molecule has 0 saturated carbocycles. The van der Waals surface area contributed by atoms with E-state index in [1.807, 2.05) is 25.3 Å². The number of benzene rings is 1. The van der Waals surface area contributed by atoms with E-state index in [1.165, 1.54) is 17.8 Å². The van der Waals surface area contributed by atoms with Crippen LogP contribution in [0.4, 0.5) is 4.39 Å². The Morgan fingerprint density at radius 1 is 1.50 bits per heavy atom. The van der Waals surface area contributed by atoms with Gasteiger partial charge in [-0.25, -0.2) is 9.37 Å². The van der Waals surface area contributed by atoms with E-state index in [9.17, 15) is 4.39 Å². The van der Waals surface area contributed by atoms with Crippen molar-refractivity contribution in [3.8, 4) is 0 Å². The van der Waals surface area contributed by atoms with Crippen LogP contribution in [-0.2, 0) is 0 Å². The topological polar surface area (TPSA) is 24.9 Å². The van der Waals surface area contributed by atoms with Gasteiger partial charge >= 0.3 is 0 Å². The molecule has 0 aliphatic carbocycles. The van der Waals surface area contributed by atoms with Crippen molar-refractivity contribution in [2.24, 2.45) is 0 Å². The molecule has 0 radical (unpaired) electrons. The van der Waals surface area contributed by atoms with E-state index in [4.69, 9.17) is 0 Å². The third-order valence-corrected chi connectivity index (χ3v) is 4.52. The molecule has 0 bridgehead atoms. The molecule has 1 aromatic heterocycles. The SMILES string of the molecule is CCNC(C)c1c(F)cccc1Sc1nccs1. The summed E-state index contributed by atoms with van der Waals surface area (Å²) in [6.45, 7) is 4.82. The van der Waals surface area contributed by atoms with Crippen molar-refractivity contribution in [3.05, 3.63) is 41.2 Å². The van der Waals surface area contributed by atoms with Crippen molar-refractivity contribution in [3.63, 3.8) is 0 Å². The molecule has 1 N–H and O–H groups in total. The van der Waals surface area contributed by atoms with Crippen LogP contribution in [0.3, 0.4) is 0 Å². The van der Waals surface area contributed by atoms with Crippen molar-refractivity contribution >= 4 is 23.1 Å². The maximum Gasteiger partial charge on any atom is 0.154 e. The van der Waals surface area contributed by atoms with E-state index in [0.29, 0.717) is 0 Å². The van der Waals surface area contributed by atoms with Gasteiger partial charge in [-0.15, -0.1) is 11.3 Å². The fourth-order valence-corrected chi connectivity index (χ4v) is 3.61. The third-order valence-electron chi connectivity index (χ3n) is 2.56. The summed E-state index contributed by atoms with van der Waals surface area (Å²) in [6.07, 6.45) is 1.76. The van der Waals surface area contributed by atoms with E-state index in [2.05, 4.69) is 10.3 Å². The van der Waals surface area contributed by atoms with E-state index in [-0.39, 0.29) is 11.9 Å². The lowest BCUT2D eigenvalue weighted by Gasteiger charge is -2.17. The number of hydrogen-bond acceptors (Lipinski definition) is 4. The minimum atomic E-state index is -0.162. The summed E-state index contributed by atoms with van der Waals surface area (Å²) in [5.74, 6) is -0.162. The number of aromatic nitrogens is 1. The summed E-state index contributed by atoms with van der Waals surface area (Å²) >= 11 is 3.08. The van der Waals surface area contributed by atoms with Crippen LogP contribution < -0.4 is 5.32 Å². The standard InChI is InChI=1S/C13H15FN2S2/c1-3-15-9(2)12-10(14)5-4-6-11(12)18-13-16-7-8-17-13/h4-9,15H,3H2,1-2H3. The molecular weight excluding hydrogens is 267 g/mol. The van der Waals surface area contributed by atoms with Crippen LogP contribution in [0.2, 0.25) is 0 Å². The second kappa shape index (κ2) is 6.31. The van der Waals surface area contributed by atoms with E-state index in [1.54, 1.807) is 23.6 Å². The Bertz CT molecular complexity index is 500. The number of thiazole rings is 1. The molecule has 0 aliphatic rings. The number of nitrogens with one attached hydrogen (secondary N) is 1. The predicted octanol–water partition coefficient (Wildman–Crippen LogP) is 4.10. The van der Waals surface area contributed by atoms with Gasteiger partial charge in [0.1, 0.15) is 5.82 Å². The average molecular weight is 282 g/mol. The normalized spacial score (nSPS) is 12.6. The van der Waals surface area contributed by atoms with Gasteiger partial charge in [0.15, 0.2) is 4.34 Å². The molecule has 18 heavy (non-hydrogen) atoms. The monoisotopic (exact) mass is 282 g/mol. The van der Waals surface area contributed by atoms with Crippen molar-refractivity contribution in [2.75, 3.05) is 6.54 Å². The molecule has 1 heterocycles. The Balaban J connectivity index is 2.31. The number of rotatable bonds is 5. The van der Waals surface area contributed by atoms with Gasteiger partial charge in [-0.05, 0) is 25.6 Å². The third kappa shape index (κ3) is 3.10. The Morgan fingerprint density at radius 3 is 3.00 bits per heavy atom. The second-order valence-corrected chi connectivity index (χ2v) is 6.01. The highest BCUT2D eigenvalue weighted by molar-refractivity contribution is 8.01. The number of nitrogens with zero attached hydrogens (tertiary/aromatic N) is 1. The minimum absolute atomic E-state index is 0.00124. The lowest BCUT2D eigenvalue weighted by Crippen LogP contribution is -2.19. The average Bonchev–Trinajstić information content (AvgIpc) is 2.82. The first-order valence-corrected chi connectivity index (χ1v) is 7.51. The maximum absolute atomic E-state index is 14.0. The van der Waals surface area contributed by atoms with Gasteiger partial charge in [0, 0.05) is 28.1 Å². The molecule has 0 amide bonds. The highest BCUT2D eigenvalue weighted by atomic mass is 32.2. The smallest absolute Gasteiger partial charge is 0.154 e. The van der Waals surface area contributed by atoms with Gasteiger partial charge in [0.2, 0.25) is 0 Å². The lowest BCUT2D eigenvalue weighted by atomic mass is 10.1. The molecule has 1 unspecified atom stereocenters. The van der Waals surface area contributed by atoms with Crippen molar-refractivity contribution in [1.82, 2.24) is 10.3 Å². The Labute approximate surface area is 115 Å². The zero-order chi connectivity index (χ0) is 13.0. The van der Waals surface area contributed by atoms with Gasteiger partial charge < -0.3 is 5.32 Å².